The monoisotopic (exact) mass is 698 g/mol. The van der Waals surface area contributed by atoms with Crippen LogP contribution in [0.2, 0.25) is 5.02 Å². The minimum Gasteiger partial charge on any atom is -0.452 e. The lowest BCUT2D eigenvalue weighted by atomic mass is 9.84. The third kappa shape index (κ3) is 9.01. The number of ether oxygens (including phenoxy) is 1. The number of nitrogens with zero attached hydrogens (tertiary/aromatic N) is 2. The highest BCUT2D eigenvalue weighted by molar-refractivity contribution is 6.38. The molecule has 4 fully saturated rings. The van der Waals surface area contributed by atoms with Gasteiger partial charge >= 0.3 is 5.97 Å². The molecule has 0 bridgehead atoms. The number of anilines is 1. The molecule has 2 heterocycles. The van der Waals surface area contributed by atoms with E-state index in [4.69, 9.17) is 16.3 Å². The Hall–Kier alpha value is -3.47. The second-order valence-corrected chi connectivity index (χ2v) is 16.2. The Balaban J connectivity index is 1.40. The van der Waals surface area contributed by atoms with E-state index in [1.165, 1.54) is 11.3 Å². The van der Waals surface area contributed by atoms with Crippen molar-refractivity contribution in [1.29, 1.82) is 0 Å². The molecule has 49 heavy (non-hydrogen) atoms. The van der Waals surface area contributed by atoms with Crippen molar-refractivity contribution < 1.29 is 33.5 Å². The highest BCUT2D eigenvalue weighted by Crippen LogP contribution is 2.46. The predicted molar refractivity (Wildman–Crippen MR) is 185 cm³/mol. The van der Waals surface area contributed by atoms with Crippen LogP contribution in [0.3, 0.4) is 0 Å². The summed E-state index contributed by atoms with van der Waals surface area (Å²) in [7, 11) is 0. The molecule has 1 aromatic rings. The molecular formula is C37H51ClN4O7. The normalized spacial score (nSPS) is 24.1. The maximum atomic E-state index is 14.6. The SMILES string of the molecule is CCC[C@H](OC(=O)[C@@H]1C[C@@]2(CC(=O)N(c3cccc(Cl)c3)C2)CN1C(=O)[C@@H](NC(=O)CC1CCCCC1)C(C)(C)C)C(=O)C(=O)NC1CC1. The van der Waals surface area contributed by atoms with Gasteiger partial charge in [-0.2, -0.15) is 0 Å². The summed E-state index contributed by atoms with van der Waals surface area (Å²) < 4.78 is 5.80. The lowest BCUT2D eigenvalue weighted by Gasteiger charge is -2.36. The summed E-state index contributed by atoms with van der Waals surface area (Å²) in [5.74, 6) is -2.93. The van der Waals surface area contributed by atoms with Crippen LogP contribution in [-0.2, 0) is 33.5 Å². The fourth-order valence-corrected chi connectivity index (χ4v) is 7.74. The van der Waals surface area contributed by atoms with Gasteiger partial charge in [0, 0.05) is 48.1 Å². The van der Waals surface area contributed by atoms with Crippen molar-refractivity contribution in [1.82, 2.24) is 15.5 Å². The average Bonchev–Trinajstić information content (AvgIpc) is 3.70. The number of hydrogen-bond donors (Lipinski definition) is 2. The Kier molecular flexibility index (Phi) is 11.4. The molecule has 11 nitrogen and oxygen atoms in total. The van der Waals surface area contributed by atoms with E-state index in [0.717, 1.165) is 38.5 Å². The fraction of sp³-hybridized carbons (Fsp3) is 0.676. The summed E-state index contributed by atoms with van der Waals surface area (Å²) in [6.07, 6.45) is 6.80. The largest absolute Gasteiger partial charge is 0.452 e. The molecule has 0 unspecified atom stereocenters. The van der Waals surface area contributed by atoms with Gasteiger partial charge in [0.1, 0.15) is 12.1 Å². The standard InChI is InChI=1S/C37H51ClN4O7/c1-5-10-28(31(45)33(46)39-25-15-16-25)49-35(48)27-19-37(20-30(44)41(21-37)26-14-9-13-24(38)18-26)22-42(27)34(47)32(36(2,3)4)40-29(43)17-23-11-7-6-8-12-23/h9,13-14,18,23,25,27-28,32H,5-8,10-12,15-17,19-22H2,1-4H3,(H,39,46)(H,40,43)/t27-,28-,32+,37-/m0/s1. The lowest BCUT2D eigenvalue weighted by Crippen LogP contribution is -2.57. The highest BCUT2D eigenvalue weighted by atomic mass is 35.5. The molecule has 1 spiro atoms. The first-order valence-corrected chi connectivity index (χ1v) is 18.3. The van der Waals surface area contributed by atoms with E-state index in [9.17, 15) is 28.8 Å². The number of amides is 4. The van der Waals surface area contributed by atoms with Gasteiger partial charge in [0.15, 0.2) is 6.10 Å². The second-order valence-electron chi connectivity index (χ2n) is 15.7. The van der Waals surface area contributed by atoms with Crippen molar-refractivity contribution in [2.24, 2.45) is 16.7 Å². The minimum absolute atomic E-state index is 0.0396. The third-order valence-electron chi connectivity index (χ3n) is 10.4. The number of ketones is 1. The Morgan fingerprint density at radius 1 is 1.04 bits per heavy atom. The van der Waals surface area contributed by atoms with Gasteiger partial charge in [-0.15, -0.1) is 0 Å². The van der Waals surface area contributed by atoms with Crippen LogP contribution in [0.1, 0.15) is 105 Å². The molecule has 2 aliphatic carbocycles. The van der Waals surface area contributed by atoms with Crippen molar-refractivity contribution >= 4 is 52.7 Å². The molecule has 2 N–H and O–H groups in total. The van der Waals surface area contributed by atoms with E-state index in [-0.39, 0.29) is 56.1 Å². The Morgan fingerprint density at radius 2 is 1.76 bits per heavy atom. The number of hydrogen-bond acceptors (Lipinski definition) is 7. The number of Topliss-reactive ketones (excluding diaryl/α,β-unsaturated/α-hetero) is 1. The van der Waals surface area contributed by atoms with Gasteiger partial charge in [0.25, 0.3) is 11.7 Å². The van der Waals surface area contributed by atoms with E-state index >= 15 is 0 Å². The zero-order valence-corrected chi connectivity index (χ0v) is 30.0. The average molecular weight is 699 g/mol. The van der Waals surface area contributed by atoms with Crippen LogP contribution in [-0.4, -0.2) is 77.6 Å². The van der Waals surface area contributed by atoms with Crippen molar-refractivity contribution in [2.45, 2.75) is 129 Å². The van der Waals surface area contributed by atoms with Crippen LogP contribution in [0.5, 0.6) is 0 Å². The van der Waals surface area contributed by atoms with Crippen LogP contribution < -0.4 is 15.5 Å². The first-order chi connectivity index (χ1) is 23.2. The molecule has 4 aliphatic rings. The molecule has 1 aromatic carbocycles. The van der Waals surface area contributed by atoms with Crippen molar-refractivity contribution in [3.63, 3.8) is 0 Å². The Labute approximate surface area is 294 Å². The molecule has 5 rings (SSSR count). The third-order valence-corrected chi connectivity index (χ3v) is 10.6. The molecular weight excluding hydrogens is 648 g/mol. The van der Waals surface area contributed by atoms with Crippen molar-refractivity contribution in [2.75, 3.05) is 18.0 Å². The summed E-state index contributed by atoms with van der Waals surface area (Å²) in [6, 6.07) is 4.85. The highest BCUT2D eigenvalue weighted by Gasteiger charge is 2.56. The van der Waals surface area contributed by atoms with E-state index in [0.29, 0.717) is 23.6 Å². The molecule has 268 valence electrons. The van der Waals surface area contributed by atoms with Gasteiger partial charge in [0.2, 0.25) is 17.7 Å². The van der Waals surface area contributed by atoms with Gasteiger partial charge < -0.3 is 25.2 Å². The van der Waals surface area contributed by atoms with Crippen LogP contribution in [0.4, 0.5) is 5.69 Å². The summed E-state index contributed by atoms with van der Waals surface area (Å²) in [6.45, 7) is 7.74. The van der Waals surface area contributed by atoms with Crippen LogP contribution in [0.15, 0.2) is 24.3 Å². The molecule has 2 aliphatic heterocycles. The quantitative estimate of drug-likeness (QED) is 0.238. The first-order valence-electron chi connectivity index (χ1n) is 17.9. The number of carbonyl (C=O) groups excluding carboxylic acids is 6. The molecule has 0 radical (unpaired) electrons. The maximum Gasteiger partial charge on any atom is 0.329 e. The van der Waals surface area contributed by atoms with Gasteiger partial charge in [-0.3, -0.25) is 24.0 Å². The zero-order valence-electron chi connectivity index (χ0n) is 29.2. The summed E-state index contributed by atoms with van der Waals surface area (Å²) in [5.41, 5.74) is -0.874. The number of carbonyl (C=O) groups is 6. The number of halogens is 1. The predicted octanol–water partition coefficient (Wildman–Crippen LogP) is 4.72. The lowest BCUT2D eigenvalue weighted by molar-refractivity contribution is -0.164. The van der Waals surface area contributed by atoms with Crippen LogP contribution >= 0.6 is 11.6 Å². The Morgan fingerprint density at radius 3 is 2.39 bits per heavy atom. The first kappa shape index (κ1) is 36.8. The topological polar surface area (TPSA) is 142 Å². The summed E-state index contributed by atoms with van der Waals surface area (Å²) in [5, 5.41) is 6.16. The van der Waals surface area contributed by atoms with E-state index < -0.39 is 52.6 Å². The van der Waals surface area contributed by atoms with Gasteiger partial charge in [-0.1, -0.05) is 71.0 Å². The molecule has 12 heteroatoms. The van der Waals surface area contributed by atoms with E-state index in [2.05, 4.69) is 10.6 Å². The molecule has 0 aromatic heterocycles. The molecule has 2 saturated carbocycles. The summed E-state index contributed by atoms with van der Waals surface area (Å²) in [4.78, 5) is 84.3. The fourth-order valence-electron chi connectivity index (χ4n) is 7.56. The van der Waals surface area contributed by atoms with Crippen molar-refractivity contribution in [3.8, 4) is 0 Å². The van der Waals surface area contributed by atoms with Crippen LogP contribution in [0.25, 0.3) is 0 Å². The van der Waals surface area contributed by atoms with Gasteiger partial charge in [-0.05, 0) is 68.1 Å². The number of nitrogens with one attached hydrogen (secondary N) is 2. The molecule has 4 amide bonds. The summed E-state index contributed by atoms with van der Waals surface area (Å²) >= 11 is 6.24. The Bertz CT molecular complexity index is 1450. The van der Waals surface area contributed by atoms with Gasteiger partial charge in [-0.25, -0.2) is 4.79 Å². The number of esters is 1. The number of likely N-dealkylation sites (tertiary alicyclic amines) is 1. The number of rotatable bonds is 12. The van der Waals surface area contributed by atoms with E-state index in [1.54, 1.807) is 29.2 Å². The smallest absolute Gasteiger partial charge is 0.329 e. The molecule has 4 atom stereocenters. The van der Waals surface area contributed by atoms with E-state index in [1.807, 2.05) is 27.7 Å². The molecule has 2 saturated heterocycles. The number of benzene rings is 1. The van der Waals surface area contributed by atoms with Crippen molar-refractivity contribution in [3.05, 3.63) is 29.3 Å². The minimum atomic E-state index is -1.30. The second kappa shape index (κ2) is 15.2. The van der Waals surface area contributed by atoms with Crippen LogP contribution in [0, 0.1) is 16.7 Å². The maximum absolute atomic E-state index is 14.6. The zero-order chi connectivity index (χ0) is 35.5. The van der Waals surface area contributed by atoms with Gasteiger partial charge in [0.05, 0.1) is 0 Å².